The van der Waals surface area contributed by atoms with Gasteiger partial charge in [0.1, 0.15) is 28.0 Å². The van der Waals surface area contributed by atoms with Crippen LogP contribution >= 0.6 is 24.8 Å². The Balaban J connectivity index is 2.22. The van der Waals surface area contributed by atoms with Gasteiger partial charge in [-0.15, -0.1) is 12.6 Å². The highest BCUT2D eigenvalue weighted by molar-refractivity contribution is 8.11. The van der Waals surface area contributed by atoms with Gasteiger partial charge < -0.3 is 5.32 Å². The molecule has 1 aromatic heterocycles. The highest BCUT2D eigenvalue weighted by Crippen LogP contribution is 2.14. The fraction of sp³-hybridized carbons (Fsp3) is 0.182. The van der Waals surface area contributed by atoms with E-state index in [2.05, 4.69) is 28.0 Å². The van der Waals surface area contributed by atoms with Crippen LogP contribution in [0.4, 0.5) is 4.39 Å². The normalized spacial score (nSPS) is 10.4. The monoisotopic (exact) mass is 282 g/mol. The van der Waals surface area contributed by atoms with Crippen LogP contribution in [0.25, 0.3) is 5.69 Å². The van der Waals surface area contributed by atoms with Crippen LogP contribution in [0, 0.1) is 12.7 Å². The maximum absolute atomic E-state index is 13.9. The van der Waals surface area contributed by atoms with Gasteiger partial charge in [-0.05, 0) is 24.6 Å². The minimum atomic E-state index is -0.357. The zero-order chi connectivity index (χ0) is 13.1. The number of hydrogen-bond donors (Lipinski definition) is 2. The lowest BCUT2D eigenvalue weighted by Crippen LogP contribution is -2.15. The highest BCUT2D eigenvalue weighted by atomic mass is 32.1. The van der Waals surface area contributed by atoms with Crippen LogP contribution < -0.4 is 5.32 Å². The number of thiocarbonyl (C=S) groups is 1. The number of thiol groups is 1. The van der Waals surface area contributed by atoms with Gasteiger partial charge in [0.25, 0.3) is 0 Å². The Labute approximate surface area is 115 Å². The summed E-state index contributed by atoms with van der Waals surface area (Å²) in [5.41, 5.74) is 1.15. The lowest BCUT2D eigenvalue weighted by Gasteiger charge is -2.06. The Bertz CT molecular complexity index is 582. The molecule has 94 valence electrons. The standard InChI is InChI=1S/C11H11FN4S2/c1-7-14-6-16(15-7)10-3-2-8(4-9(10)12)5-13-11(17)18/h2-4,6H,5H2,1H3,(H2,13,17,18). The summed E-state index contributed by atoms with van der Waals surface area (Å²) in [7, 11) is 0. The van der Waals surface area contributed by atoms with Crippen molar-refractivity contribution >= 4 is 29.2 Å². The molecule has 4 nitrogen and oxygen atoms in total. The SMILES string of the molecule is Cc1ncn(-c2ccc(CNC(=S)S)cc2F)n1. The Morgan fingerprint density at radius 2 is 2.33 bits per heavy atom. The van der Waals surface area contributed by atoms with Crippen molar-refractivity contribution in [3.63, 3.8) is 0 Å². The molecule has 0 fully saturated rings. The molecule has 1 N–H and O–H groups in total. The molecule has 2 rings (SSSR count). The smallest absolute Gasteiger partial charge is 0.149 e. The molecule has 18 heavy (non-hydrogen) atoms. The van der Waals surface area contributed by atoms with Crippen LogP contribution in [-0.2, 0) is 6.54 Å². The summed E-state index contributed by atoms with van der Waals surface area (Å²) in [4.78, 5) is 3.96. The number of aromatic nitrogens is 3. The molecule has 1 heterocycles. The topological polar surface area (TPSA) is 42.7 Å². The zero-order valence-electron chi connectivity index (χ0n) is 9.59. The third-order valence-electron chi connectivity index (χ3n) is 2.31. The van der Waals surface area contributed by atoms with E-state index in [1.54, 1.807) is 19.1 Å². The largest absolute Gasteiger partial charge is 0.367 e. The maximum atomic E-state index is 13.9. The van der Waals surface area contributed by atoms with Crippen molar-refractivity contribution in [1.29, 1.82) is 0 Å². The first-order valence-electron chi connectivity index (χ1n) is 5.20. The van der Waals surface area contributed by atoms with Crippen LogP contribution in [0.15, 0.2) is 24.5 Å². The minimum absolute atomic E-state index is 0.357. The minimum Gasteiger partial charge on any atom is -0.367 e. The molecule has 0 saturated carbocycles. The first-order chi connectivity index (χ1) is 8.56. The summed E-state index contributed by atoms with van der Waals surface area (Å²) in [6.07, 6.45) is 1.48. The average molecular weight is 282 g/mol. The molecule has 0 spiro atoms. The second kappa shape index (κ2) is 5.45. The molecular formula is C11H11FN4S2. The summed E-state index contributed by atoms with van der Waals surface area (Å²) < 4.78 is 15.7. The molecule has 0 radical (unpaired) electrons. The number of hydrogen-bond acceptors (Lipinski definition) is 3. The maximum Gasteiger partial charge on any atom is 0.149 e. The average Bonchev–Trinajstić information content (AvgIpc) is 2.73. The van der Waals surface area contributed by atoms with Crippen molar-refractivity contribution in [2.24, 2.45) is 0 Å². The lowest BCUT2D eigenvalue weighted by atomic mass is 10.2. The molecule has 0 aliphatic carbocycles. The summed E-state index contributed by atoms with van der Waals surface area (Å²) in [6.45, 7) is 2.19. The molecule has 2 aromatic rings. The van der Waals surface area contributed by atoms with Gasteiger partial charge in [0, 0.05) is 6.54 Å². The van der Waals surface area contributed by atoms with Crippen molar-refractivity contribution < 1.29 is 4.39 Å². The Kier molecular flexibility index (Phi) is 3.93. The van der Waals surface area contributed by atoms with Crippen LogP contribution in [-0.4, -0.2) is 19.1 Å². The zero-order valence-corrected chi connectivity index (χ0v) is 11.3. The van der Waals surface area contributed by atoms with Crippen molar-refractivity contribution in [3.8, 4) is 5.69 Å². The number of benzene rings is 1. The number of nitrogens with one attached hydrogen (secondary N) is 1. The fourth-order valence-electron chi connectivity index (χ4n) is 1.49. The Hall–Kier alpha value is -1.47. The van der Waals surface area contributed by atoms with Crippen LogP contribution in [0.5, 0.6) is 0 Å². The predicted molar refractivity (Wildman–Crippen MR) is 74.5 cm³/mol. The molecule has 7 heteroatoms. The lowest BCUT2D eigenvalue weighted by molar-refractivity contribution is 0.607. The van der Waals surface area contributed by atoms with E-state index >= 15 is 0 Å². The molecule has 0 unspecified atom stereocenters. The van der Waals surface area contributed by atoms with Crippen molar-refractivity contribution in [2.75, 3.05) is 0 Å². The van der Waals surface area contributed by atoms with Gasteiger partial charge in [-0.3, -0.25) is 0 Å². The van der Waals surface area contributed by atoms with Crippen LogP contribution in [0.1, 0.15) is 11.4 Å². The highest BCUT2D eigenvalue weighted by Gasteiger charge is 2.07. The van der Waals surface area contributed by atoms with E-state index in [0.717, 1.165) is 5.56 Å². The quantitative estimate of drug-likeness (QED) is 0.668. The van der Waals surface area contributed by atoms with Crippen LogP contribution in [0.2, 0.25) is 0 Å². The molecule has 0 saturated heterocycles. The number of aryl methyl sites for hydroxylation is 1. The van der Waals surface area contributed by atoms with Gasteiger partial charge in [0.15, 0.2) is 0 Å². The first-order valence-corrected chi connectivity index (χ1v) is 6.05. The van der Waals surface area contributed by atoms with Gasteiger partial charge in [-0.2, -0.15) is 5.10 Å². The Morgan fingerprint density at radius 3 is 2.89 bits per heavy atom. The van der Waals surface area contributed by atoms with E-state index in [0.29, 0.717) is 22.4 Å². The molecule has 0 aliphatic heterocycles. The van der Waals surface area contributed by atoms with Crippen molar-refractivity contribution in [1.82, 2.24) is 20.1 Å². The van der Waals surface area contributed by atoms with Gasteiger partial charge in [0.2, 0.25) is 0 Å². The fourth-order valence-corrected chi connectivity index (χ4v) is 1.64. The number of halogens is 1. The van der Waals surface area contributed by atoms with E-state index < -0.39 is 0 Å². The summed E-state index contributed by atoms with van der Waals surface area (Å²) >= 11 is 8.71. The second-order valence-corrected chi connectivity index (χ2v) is 4.84. The van der Waals surface area contributed by atoms with E-state index in [9.17, 15) is 4.39 Å². The van der Waals surface area contributed by atoms with Gasteiger partial charge in [-0.25, -0.2) is 14.1 Å². The van der Waals surface area contributed by atoms with E-state index in [1.807, 2.05) is 0 Å². The van der Waals surface area contributed by atoms with Gasteiger partial charge >= 0.3 is 0 Å². The summed E-state index contributed by atoms with van der Waals surface area (Å²) in [5.74, 6) is 0.241. The molecule has 0 amide bonds. The molecule has 0 atom stereocenters. The van der Waals surface area contributed by atoms with Crippen LogP contribution in [0.3, 0.4) is 0 Å². The summed E-state index contributed by atoms with van der Waals surface area (Å²) in [5, 5.41) is 6.91. The first kappa shape index (κ1) is 13.0. The van der Waals surface area contributed by atoms with E-state index in [4.69, 9.17) is 12.2 Å². The molecule has 0 aliphatic rings. The van der Waals surface area contributed by atoms with Crippen molar-refractivity contribution in [2.45, 2.75) is 13.5 Å². The van der Waals surface area contributed by atoms with Gasteiger partial charge in [0.05, 0.1) is 0 Å². The third-order valence-corrected chi connectivity index (χ3v) is 2.61. The van der Waals surface area contributed by atoms with E-state index in [1.165, 1.54) is 17.1 Å². The second-order valence-electron chi connectivity index (χ2n) is 3.68. The molecular weight excluding hydrogens is 271 g/mol. The molecule has 0 bridgehead atoms. The third kappa shape index (κ3) is 3.05. The van der Waals surface area contributed by atoms with Gasteiger partial charge in [-0.1, -0.05) is 18.3 Å². The molecule has 1 aromatic carbocycles. The number of rotatable bonds is 3. The Morgan fingerprint density at radius 1 is 1.56 bits per heavy atom. The number of nitrogens with zero attached hydrogens (tertiary/aromatic N) is 3. The van der Waals surface area contributed by atoms with E-state index in [-0.39, 0.29) is 5.82 Å². The predicted octanol–water partition coefficient (Wildman–Crippen LogP) is 2.02. The summed E-state index contributed by atoms with van der Waals surface area (Å²) in [6, 6.07) is 4.89. The van der Waals surface area contributed by atoms with Crippen molar-refractivity contribution in [3.05, 3.63) is 41.7 Å².